The van der Waals surface area contributed by atoms with Gasteiger partial charge in [-0.1, -0.05) is 33.6 Å². The summed E-state index contributed by atoms with van der Waals surface area (Å²) in [5.41, 5.74) is 1.23. The van der Waals surface area contributed by atoms with Crippen molar-refractivity contribution in [2.24, 2.45) is 0 Å². The number of hydrogen-bond acceptors (Lipinski definition) is 2. The van der Waals surface area contributed by atoms with E-state index in [1.54, 1.807) is 0 Å². The highest BCUT2D eigenvalue weighted by Gasteiger charge is 2.11. The van der Waals surface area contributed by atoms with Crippen LogP contribution in [0, 0.1) is 0 Å². The van der Waals surface area contributed by atoms with Crippen LogP contribution in [-0.2, 0) is 6.54 Å². The van der Waals surface area contributed by atoms with E-state index in [0.29, 0.717) is 0 Å². The van der Waals surface area contributed by atoms with E-state index in [1.165, 1.54) is 36.6 Å². The minimum atomic E-state index is 0.867. The Kier molecular flexibility index (Phi) is 5.01. The fraction of sp³-hybridized carbons (Fsp3) is 0.500. The molecule has 1 aliphatic rings. The molecule has 1 saturated heterocycles. The van der Waals surface area contributed by atoms with Gasteiger partial charge in [0.05, 0.1) is 0 Å². The molecule has 0 aliphatic carbocycles. The molecule has 0 unspecified atom stereocenters. The zero-order valence-electron chi connectivity index (χ0n) is 9.09. The fourth-order valence-electron chi connectivity index (χ4n) is 1.85. The normalized spacial score (nSPS) is 18.4. The van der Waals surface area contributed by atoms with E-state index < -0.39 is 0 Å². The van der Waals surface area contributed by atoms with Crippen molar-refractivity contribution in [2.75, 3.05) is 24.6 Å². The van der Waals surface area contributed by atoms with Gasteiger partial charge in [-0.25, -0.2) is 0 Å². The lowest BCUT2D eigenvalue weighted by molar-refractivity contribution is 0.287. The van der Waals surface area contributed by atoms with Gasteiger partial charge in [0.25, 0.3) is 0 Å². The second kappa shape index (κ2) is 6.29. The van der Waals surface area contributed by atoms with Gasteiger partial charge in [-0.05, 0) is 36.4 Å². The van der Waals surface area contributed by atoms with Crippen molar-refractivity contribution in [3.05, 3.63) is 33.3 Å². The molecule has 2 rings (SSSR count). The van der Waals surface area contributed by atoms with Crippen LogP contribution >= 0.6 is 39.3 Å². The molecule has 88 valence electrons. The van der Waals surface area contributed by atoms with Crippen molar-refractivity contribution in [1.82, 2.24) is 4.90 Å². The second-order valence-electron chi connectivity index (χ2n) is 3.98. The minimum absolute atomic E-state index is 0.867. The third-order valence-corrected chi connectivity index (χ3v) is 4.62. The smallest absolute Gasteiger partial charge is 0.0462 e. The quantitative estimate of drug-likeness (QED) is 0.809. The molecular weight excluding hydrogens is 306 g/mol. The predicted octanol–water partition coefficient (Wildman–Crippen LogP) is 4.04. The van der Waals surface area contributed by atoms with Gasteiger partial charge in [-0.3, -0.25) is 4.90 Å². The first-order valence-electron chi connectivity index (χ1n) is 5.50. The number of halogens is 2. The Bertz CT molecular complexity index is 351. The van der Waals surface area contributed by atoms with Crippen LogP contribution in [-0.4, -0.2) is 29.5 Å². The van der Waals surface area contributed by atoms with Gasteiger partial charge in [0, 0.05) is 28.3 Å². The number of benzene rings is 1. The SMILES string of the molecule is Clc1cc(Br)ccc1CN1CCCSCC1. The third-order valence-electron chi connectivity index (χ3n) is 2.72. The first-order valence-corrected chi connectivity index (χ1v) is 7.82. The molecule has 0 radical (unpaired) electrons. The summed E-state index contributed by atoms with van der Waals surface area (Å²) in [6, 6.07) is 6.15. The summed E-state index contributed by atoms with van der Waals surface area (Å²) < 4.78 is 1.05. The predicted molar refractivity (Wildman–Crippen MR) is 76.4 cm³/mol. The molecule has 1 aliphatic heterocycles. The van der Waals surface area contributed by atoms with Crippen LogP contribution < -0.4 is 0 Å². The number of thioether (sulfide) groups is 1. The van der Waals surface area contributed by atoms with E-state index in [9.17, 15) is 0 Å². The van der Waals surface area contributed by atoms with Gasteiger partial charge in [0.1, 0.15) is 0 Å². The largest absolute Gasteiger partial charge is 0.298 e. The molecule has 4 heteroatoms. The molecule has 0 spiro atoms. The van der Waals surface area contributed by atoms with E-state index >= 15 is 0 Å². The van der Waals surface area contributed by atoms with Crippen molar-refractivity contribution in [3.63, 3.8) is 0 Å². The molecule has 1 aromatic rings. The molecule has 1 aromatic carbocycles. The molecule has 0 atom stereocenters. The van der Waals surface area contributed by atoms with Crippen LogP contribution in [0.5, 0.6) is 0 Å². The highest BCUT2D eigenvalue weighted by molar-refractivity contribution is 9.10. The Morgan fingerprint density at radius 3 is 3.00 bits per heavy atom. The Hall–Kier alpha value is 0.300. The van der Waals surface area contributed by atoms with Crippen LogP contribution in [0.2, 0.25) is 5.02 Å². The Balaban J connectivity index is 2.01. The molecule has 16 heavy (non-hydrogen) atoms. The molecule has 0 bridgehead atoms. The van der Waals surface area contributed by atoms with Crippen LogP contribution in [0.4, 0.5) is 0 Å². The standard InChI is InChI=1S/C12H15BrClNS/c13-11-3-2-10(12(14)8-11)9-15-4-1-6-16-7-5-15/h2-3,8H,1,4-7,9H2. The van der Waals surface area contributed by atoms with Crippen LogP contribution in [0.25, 0.3) is 0 Å². The maximum atomic E-state index is 6.23. The van der Waals surface area contributed by atoms with Crippen molar-refractivity contribution in [2.45, 2.75) is 13.0 Å². The monoisotopic (exact) mass is 319 g/mol. The molecule has 0 aromatic heterocycles. The van der Waals surface area contributed by atoms with E-state index in [0.717, 1.165) is 16.0 Å². The summed E-state index contributed by atoms with van der Waals surface area (Å²) in [7, 11) is 0. The molecule has 1 heterocycles. The van der Waals surface area contributed by atoms with Gasteiger partial charge >= 0.3 is 0 Å². The average molecular weight is 321 g/mol. The lowest BCUT2D eigenvalue weighted by Gasteiger charge is -2.20. The summed E-state index contributed by atoms with van der Waals surface area (Å²) in [5.74, 6) is 2.54. The second-order valence-corrected chi connectivity index (χ2v) is 6.53. The molecule has 0 saturated carbocycles. The summed E-state index contributed by atoms with van der Waals surface area (Å²) in [6.07, 6.45) is 1.29. The van der Waals surface area contributed by atoms with Crippen LogP contribution in [0.15, 0.2) is 22.7 Å². The fourth-order valence-corrected chi connectivity index (χ4v) is 3.50. The lowest BCUT2D eigenvalue weighted by Crippen LogP contribution is -2.25. The maximum Gasteiger partial charge on any atom is 0.0462 e. The summed E-state index contributed by atoms with van der Waals surface area (Å²) in [4.78, 5) is 2.50. The van der Waals surface area contributed by atoms with Gasteiger partial charge in [0.2, 0.25) is 0 Å². The summed E-state index contributed by atoms with van der Waals surface area (Å²) >= 11 is 11.7. The van der Waals surface area contributed by atoms with Crippen molar-refractivity contribution >= 4 is 39.3 Å². The summed E-state index contributed by atoms with van der Waals surface area (Å²) in [6.45, 7) is 3.35. The Labute approximate surface area is 115 Å². The number of hydrogen-bond donors (Lipinski definition) is 0. The van der Waals surface area contributed by atoms with Crippen LogP contribution in [0.3, 0.4) is 0 Å². The Morgan fingerprint density at radius 2 is 2.19 bits per heavy atom. The Morgan fingerprint density at radius 1 is 1.31 bits per heavy atom. The van der Waals surface area contributed by atoms with E-state index in [2.05, 4.69) is 44.7 Å². The van der Waals surface area contributed by atoms with Crippen molar-refractivity contribution in [1.29, 1.82) is 0 Å². The lowest BCUT2D eigenvalue weighted by atomic mass is 10.2. The number of nitrogens with zero attached hydrogens (tertiary/aromatic N) is 1. The highest BCUT2D eigenvalue weighted by atomic mass is 79.9. The van der Waals surface area contributed by atoms with Crippen LogP contribution in [0.1, 0.15) is 12.0 Å². The van der Waals surface area contributed by atoms with E-state index in [1.807, 2.05) is 6.07 Å². The molecule has 1 nitrogen and oxygen atoms in total. The van der Waals surface area contributed by atoms with E-state index in [4.69, 9.17) is 11.6 Å². The number of rotatable bonds is 2. The van der Waals surface area contributed by atoms with Gasteiger partial charge < -0.3 is 0 Å². The van der Waals surface area contributed by atoms with Gasteiger partial charge in [-0.2, -0.15) is 11.8 Å². The van der Waals surface area contributed by atoms with Gasteiger partial charge in [-0.15, -0.1) is 0 Å². The first-order chi connectivity index (χ1) is 7.75. The molecular formula is C12H15BrClNS. The zero-order chi connectivity index (χ0) is 11.4. The molecule has 1 fully saturated rings. The highest BCUT2D eigenvalue weighted by Crippen LogP contribution is 2.23. The molecule has 0 amide bonds. The third kappa shape index (κ3) is 3.66. The van der Waals surface area contributed by atoms with E-state index in [-0.39, 0.29) is 0 Å². The van der Waals surface area contributed by atoms with Gasteiger partial charge in [0.15, 0.2) is 0 Å². The molecule has 0 N–H and O–H groups in total. The summed E-state index contributed by atoms with van der Waals surface area (Å²) in [5, 5.41) is 0.867. The first kappa shape index (κ1) is 12.7. The topological polar surface area (TPSA) is 3.24 Å². The average Bonchev–Trinajstić information content (AvgIpc) is 2.51. The van der Waals surface area contributed by atoms with Crippen molar-refractivity contribution in [3.8, 4) is 0 Å². The van der Waals surface area contributed by atoms with Crippen molar-refractivity contribution < 1.29 is 0 Å². The zero-order valence-corrected chi connectivity index (χ0v) is 12.2. The maximum absolute atomic E-state index is 6.23. The minimum Gasteiger partial charge on any atom is -0.298 e.